The molecule has 0 amide bonds. The first-order valence-corrected chi connectivity index (χ1v) is 8.98. The fourth-order valence-electron chi connectivity index (χ4n) is 2.96. The van der Waals surface area contributed by atoms with Crippen LogP contribution >= 0.6 is 0 Å². The number of piperidine rings is 1. The van der Waals surface area contributed by atoms with E-state index >= 15 is 0 Å². The Morgan fingerprint density at radius 2 is 2.10 bits per heavy atom. The van der Waals surface area contributed by atoms with Crippen molar-refractivity contribution in [2.24, 2.45) is 16.6 Å². The van der Waals surface area contributed by atoms with Crippen LogP contribution in [-0.2, 0) is 0 Å². The molecule has 1 rings (SSSR count). The molecule has 1 unspecified atom stereocenters. The molecule has 0 saturated carbocycles. The van der Waals surface area contributed by atoms with Crippen molar-refractivity contribution >= 4 is 5.96 Å². The Morgan fingerprint density at radius 1 is 1.24 bits per heavy atom. The van der Waals surface area contributed by atoms with Gasteiger partial charge in [0.1, 0.15) is 0 Å². The molecule has 1 heterocycles. The summed E-state index contributed by atoms with van der Waals surface area (Å²) in [5.74, 6) is 1.51. The standard InChI is InChI=1S/C17H36N4/c1-3-4-5-6-11-19-17(18)20-12-7-8-13-21-14-9-10-16(2)15-21/h16H,3-15H2,1-2H3,(H3,18,19,20). The van der Waals surface area contributed by atoms with Crippen LogP contribution in [0.5, 0.6) is 0 Å². The Hall–Kier alpha value is -0.770. The number of unbranched alkanes of at least 4 members (excludes halogenated alkanes) is 4. The number of aliphatic imine (C=N–C) groups is 1. The third kappa shape index (κ3) is 9.72. The van der Waals surface area contributed by atoms with Gasteiger partial charge in [0.25, 0.3) is 0 Å². The van der Waals surface area contributed by atoms with E-state index < -0.39 is 0 Å². The average Bonchev–Trinajstić information content (AvgIpc) is 2.47. The average molecular weight is 297 g/mol. The van der Waals surface area contributed by atoms with Gasteiger partial charge in [-0.25, -0.2) is 0 Å². The van der Waals surface area contributed by atoms with Crippen molar-refractivity contribution in [3.05, 3.63) is 0 Å². The van der Waals surface area contributed by atoms with Gasteiger partial charge in [0.2, 0.25) is 0 Å². The summed E-state index contributed by atoms with van der Waals surface area (Å²) in [6, 6.07) is 0. The molecule has 0 bridgehead atoms. The molecule has 3 N–H and O–H groups in total. The first kappa shape index (κ1) is 18.3. The van der Waals surface area contributed by atoms with Crippen LogP contribution in [0.3, 0.4) is 0 Å². The van der Waals surface area contributed by atoms with E-state index in [-0.39, 0.29) is 0 Å². The number of hydrogen-bond acceptors (Lipinski definition) is 2. The topological polar surface area (TPSA) is 53.6 Å². The first-order chi connectivity index (χ1) is 10.2. The number of guanidine groups is 1. The zero-order valence-electron chi connectivity index (χ0n) is 14.2. The monoisotopic (exact) mass is 296 g/mol. The second-order valence-electron chi connectivity index (χ2n) is 6.51. The number of nitrogens with one attached hydrogen (secondary N) is 1. The third-order valence-electron chi connectivity index (χ3n) is 4.24. The normalized spacial score (nSPS) is 20.7. The van der Waals surface area contributed by atoms with E-state index in [0.717, 1.165) is 25.4 Å². The van der Waals surface area contributed by atoms with Gasteiger partial charge in [0.15, 0.2) is 5.96 Å². The van der Waals surface area contributed by atoms with Crippen molar-refractivity contribution in [1.29, 1.82) is 0 Å². The predicted molar refractivity (Wildman–Crippen MR) is 92.7 cm³/mol. The molecule has 1 saturated heterocycles. The lowest BCUT2D eigenvalue weighted by atomic mass is 10.0. The minimum absolute atomic E-state index is 0.623. The Balaban J connectivity index is 1.94. The van der Waals surface area contributed by atoms with Gasteiger partial charge in [-0.05, 0) is 51.1 Å². The van der Waals surface area contributed by atoms with E-state index in [0.29, 0.717) is 5.96 Å². The smallest absolute Gasteiger partial charge is 0.188 e. The van der Waals surface area contributed by atoms with Gasteiger partial charge >= 0.3 is 0 Å². The molecule has 0 aromatic carbocycles. The highest BCUT2D eigenvalue weighted by molar-refractivity contribution is 5.77. The van der Waals surface area contributed by atoms with Gasteiger partial charge in [-0.3, -0.25) is 4.99 Å². The molecule has 1 aliphatic heterocycles. The second kappa shape index (κ2) is 11.8. The molecule has 1 atom stereocenters. The molecular weight excluding hydrogens is 260 g/mol. The Kier molecular flexibility index (Phi) is 10.3. The molecule has 0 aliphatic carbocycles. The maximum atomic E-state index is 5.86. The number of hydrogen-bond donors (Lipinski definition) is 2. The number of nitrogens with two attached hydrogens (primary N) is 1. The Bertz CT molecular complexity index is 278. The summed E-state index contributed by atoms with van der Waals surface area (Å²) in [7, 11) is 0. The van der Waals surface area contributed by atoms with Crippen molar-refractivity contribution in [1.82, 2.24) is 10.2 Å². The number of rotatable bonds is 10. The van der Waals surface area contributed by atoms with E-state index in [1.54, 1.807) is 0 Å². The van der Waals surface area contributed by atoms with Crippen molar-refractivity contribution < 1.29 is 0 Å². The van der Waals surface area contributed by atoms with Gasteiger partial charge < -0.3 is 16.0 Å². The summed E-state index contributed by atoms with van der Waals surface area (Å²) in [4.78, 5) is 6.98. The highest BCUT2D eigenvalue weighted by Crippen LogP contribution is 2.15. The fourth-order valence-corrected chi connectivity index (χ4v) is 2.96. The van der Waals surface area contributed by atoms with Crippen LogP contribution < -0.4 is 11.1 Å². The van der Waals surface area contributed by atoms with E-state index in [1.807, 2.05) is 0 Å². The van der Waals surface area contributed by atoms with Crippen LogP contribution in [0.15, 0.2) is 4.99 Å². The molecule has 21 heavy (non-hydrogen) atoms. The van der Waals surface area contributed by atoms with Crippen LogP contribution in [0, 0.1) is 5.92 Å². The van der Waals surface area contributed by atoms with Crippen LogP contribution in [0.4, 0.5) is 0 Å². The van der Waals surface area contributed by atoms with E-state index in [1.165, 1.54) is 64.6 Å². The van der Waals surface area contributed by atoms with Gasteiger partial charge in [-0.15, -0.1) is 0 Å². The minimum Gasteiger partial charge on any atom is -0.370 e. The molecule has 4 nitrogen and oxygen atoms in total. The first-order valence-electron chi connectivity index (χ1n) is 8.98. The van der Waals surface area contributed by atoms with Gasteiger partial charge in [-0.1, -0.05) is 33.1 Å². The van der Waals surface area contributed by atoms with Gasteiger partial charge in [-0.2, -0.15) is 0 Å². The molecular formula is C17H36N4. The zero-order valence-corrected chi connectivity index (χ0v) is 14.2. The molecule has 0 aromatic rings. The minimum atomic E-state index is 0.623. The van der Waals surface area contributed by atoms with Crippen molar-refractivity contribution in [3.8, 4) is 0 Å². The van der Waals surface area contributed by atoms with E-state index in [4.69, 9.17) is 5.73 Å². The quantitative estimate of drug-likeness (QED) is 0.370. The second-order valence-corrected chi connectivity index (χ2v) is 6.51. The van der Waals surface area contributed by atoms with E-state index in [9.17, 15) is 0 Å². The number of likely N-dealkylation sites (tertiary alicyclic amines) is 1. The zero-order chi connectivity index (χ0) is 15.3. The predicted octanol–water partition coefficient (Wildman–Crippen LogP) is 2.98. The largest absolute Gasteiger partial charge is 0.370 e. The maximum Gasteiger partial charge on any atom is 0.188 e. The van der Waals surface area contributed by atoms with Gasteiger partial charge in [0.05, 0.1) is 0 Å². The summed E-state index contributed by atoms with van der Waals surface area (Å²) < 4.78 is 0. The van der Waals surface area contributed by atoms with Crippen molar-refractivity contribution in [2.45, 2.75) is 65.2 Å². The van der Waals surface area contributed by atoms with Crippen LogP contribution in [0.1, 0.15) is 65.2 Å². The lowest BCUT2D eigenvalue weighted by Crippen LogP contribution is -2.36. The summed E-state index contributed by atoms with van der Waals surface area (Å²) >= 11 is 0. The molecule has 0 spiro atoms. The summed E-state index contributed by atoms with van der Waals surface area (Å²) in [6.45, 7) is 10.2. The highest BCUT2D eigenvalue weighted by atomic mass is 15.1. The van der Waals surface area contributed by atoms with Crippen LogP contribution in [0.2, 0.25) is 0 Å². The fraction of sp³-hybridized carbons (Fsp3) is 0.941. The number of nitrogens with zero attached hydrogens (tertiary/aromatic N) is 2. The molecule has 124 valence electrons. The third-order valence-corrected chi connectivity index (χ3v) is 4.24. The lowest BCUT2D eigenvalue weighted by molar-refractivity contribution is 0.181. The summed E-state index contributed by atoms with van der Waals surface area (Å²) in [5.41, 5.74) is 5.86. The Morgan fingerprint density at radius 3 is 2.86 bits per heavy atom. The van der Waals surface area contributed by atoms with Gasteiger partial charge in [0, 0.05) is 19.6 Å². The SMILES string of the molecule is CCCCCCN=C(N)NCCCCN1CCCC(C)C1. The highest BCUT2D eigenvalue weighted by Gasteiger charge is 2.15. The van der Waals surface area contributed by atoms with Crippen molar-refractivity contribution in [2.75, 3.05) is 32.7 Å². The lowest BCUT2D eigenvalue weighted by Gasteiger charge is -2.30. The summed E-state index contributed by atoms with van der Waals surface area (Å²) in [6.07, 6.45) is 10.2. The van der Waals surface area contributed by atoms with Crippen molar-refractivity contribution in [3.63, 3.8) is 0 Å². The molecule has 4 heteroatoms. The maximum absolute atomic E-state index is 5.86. The van der Waals surface area contributed by atoms with E-state index in [2.05, 4.69) is 29.1 Å². The molecule has 0 radical (unpaired) electrons. The molecule has 1 aliphatic rings. The van der Waals surface area contributed by atoms with Crippen LogP contribution in [-0.4, -0.2) is 43.6 Å². The molecule has 0 aromatic heterocycles. The Labute approximate surface area is 131 Å². The molecule has 1 fully saturated rings. The summed E-state index contributed by atoms with van der Waals surface area (Å²) in [5, 5.41) is 3.23. The van der Waals surface area contributed by atoms with Crippen LogP contribution in [0.25, 0.3) is 0 Å².